The van der Waals surface area contributed by atoms with E-state index in [-0.39, 0.29) is 0 Å². The molecule has 1 aromatic heterocycles. The molecule has 1 aromatic carbocycles. The third-order valence-electron chi connectivity index (χ3n) is 2.08. The molecule has 0 N–H and O–H groups in total. The summed E-state index contributed by atoms with van der Waals surface area (Å²) in [5, 5.41) is 0. The highest BCUT2D eigenvalue weighted by molar-refractivity contribution is 5.41. The Labute approximate surface area is 89.6 Å². The molecule has 0 aliphatic heterocycles. The summed E-state index contributed by atoms with van der Waals surface area (Å²) >= 11 is 0. The molecule has 15 heavy (non-hydrogen) atoms. The Hall–Kier alpha value is -2.01. The monoisotopic (exact) mass is 196 g/mol. The molecule has 0 radical (unpaired) electrons. The van der Waals surface area contributed by atoms with Crippen LogP contribution < -0.4 is 0 Å². The van der Waals surface area contributed by atoms with Crippen LogP contribution in [-0.4, -0.2) is 9.55 Å². The Balaban J connectivity index is 2.25. The van der Waals surface area contributed by atoms with Crippen LogP contribution in [-0.2, 0) is 0 Å². The standard InChI is InChI=1S/C13H12N2/c1-2-3-4-12-5-7-13(8-6-12)15-10-9-14-11-15/h5-11H,2H2,1H3. The van der Waals surface area contributed by atoms with E-state index in [9.17, 15) is 0 Å². The van der Waals surface area contributed by atoms with Gasteiger partial charge in [0.1, 0.15) is 0 Å². The molecule has 2 aromatic rings. The van der Waals surface area contributed by atoms with Crippen molar-refractivity contribution in [3.63, 3.8) is 0 Å². The Bertz CT molecular complexity index is 469. The molecule has 2 rings (SSSR count). The van der Waals surface area contributed by atoms with Crippen molar-refractivity contribution in [1.82, 2.24) is 9.55 Å². The molecule has 0 amide bonds. The van der Waals surface area contributed by atoms with Crippen LogP contribution in [0.15, 0.2) is 43.0 Å². The largest absolute Gasteiger partial charge is 0.306 e. The highest BCUT2D eigenvalue weighted by atomic mass is 15.0. The predicted molar refractivity (Wildman–Crippen MR) is 60.7 cm³/mol. The number of hydrogen-bond donors (Lipinski definition) is 0. The molecule has 0 saturated carbocycles. The Kier molecular flexibility index (Phi) is 2.85. The third-order valence-corrected chi connectivity index (χ3v) is 2.08. The van der Waals surface area contributed by atoms with Crippen molar-refractivity contribution in [3.05, 3.63) is 48.5 Å². The molecular weight excluding hydrogens is 184 g/mol. The number of hydrogen-bond acceptors (Lipinski definition) is 1. The predicted octanol–water partition coefficient (Wildman–Crippen LogP) is 2.63. The van der Waals surface area contributed by atoms with Crippen LogP contribution in [0.2, 0.25) is 0 Å². The fourth-order valence-corrected chi connectivity index (χ4v) is 1.32. The number of imidazole rings is 1. The van der Waals surface area contributed by atoms with Crippen LogP contribution in [0.3, 0.4) is 0 Å². The van der Waals surface area contributed by atoms with Crippen molar-refractivity contribution in [2.75, 3.05) is 0 Å². The average molecular weight is 196 g/mol. The SMILES string of the molecule is CCC#Cc1ccc(-n2ccnc2)cc1. The van der Waals surface area contributed by atoms with Gasteiger partial charge in [0, 0.05) is 30.1 Å². The lowest BCUT2D eigenvalue weighted by atomic mass is 10.2. The second-order valence-electron chi connectivity index (χ2n) is 3.17. The van der Waals surface area contributed by atoms with Crippen molar-refractivity contribution in [1.29, 1.82) is 0 Å². The van der Waals surface area contributed by atoms with Crippen molar-refractivity contribution >= 4 is 0 Å². The first kappa shape index (κ1) is 9.54. The van der Waals surface area contributed by atoms with E-state index in [4.69, 9.17) is 0 Å². The maximum Gasteiger partial charge on any atom is 0.0991 e. The van der Waals surface area contributed by atoms with E-state index in [2.05, 4.69) is 16.8 Å². The zero-order valence-electron chi connectivity index (χ0n) is 8.64. The molecule has 2 heteroatoms. The maximum atomic E-state index is 4.01. The van der Waals surface area contributed by atoms with Crippen LogP contribution in [0, 0.1) is 11.8 Å². The lowest BCUT2D eigenvalue weighted by molar-refractivity contribution is 1.06. The minimum atomic E-state index is 0.892. The van der Waals surface area contributed by atoms with Crippen molar-refractivity contribution in [3.8, 4) is 17.5 Å². The quantitative estimate of drug-likeness (QED) is 0.641. The van der Waals surface area contributed by atoms with Gasteiger partial charge in [-0.2, -0.15) is 0 Å². The summed E-state index contributed by atoms with van der Waals surface area (Å²) in [6.45, 7) is 2.05. The van der Waals surface area contributed by atoms with E-state index >= 15 is 0 Å². The first-order valence-corrected chi connectivity index (χ1v) is 4.97. The molecule has 0 unspecified atom stereocenters. The highest BCUT2D eigenvalue weighted by Gasteiger charge is 1.93. The van der Waals surface area contributed by atoms with Gasteiger partial charge in [-0.25, -0.2) is 4.98 Å². The van der Waals surface area contributed by atoms with Crippen molar-refractivity contribution in [2.24, 2.45) is 0 Å². The van der Waals surface area contributed by atoms with Gasteiger partial charge in [0.25, 0.3) is 0 Å². The zero-order valence-corrected chi connectivity index (χ0v) is 8.64. The zero-order chi connectivity index (χ0) is 10.5. The van der Waals surface area contributed by atoms with Crippen molar-refractivity contribution < 1.29 is 0 Å². The smallest absolute Gasteiger partial charge is 0.0991 e. The summed E-state index contributed by atoms with van der Waals surface area (Å²) in [5.74, 6) is 6.14. The van der Waals surface area contributed by atoms with Gasteiger partial charge in [0.15, 0.2) is 0 Å². The second kappa shape index (κ2) is 4.47. The Morgan fingerprint density at radius 1 is 1.27 bits per heavy atom. The molecule has 0 aliphatic carbocycles. The highest BCUT2D eigenvalue weighted by Crippen LogP contribution is 2.08. The van der Waals surface area contributed by atoms with Gasteiger partial charge in [-0.05, 0) is 24.3 Å². The summed E-state index contributed by atoms with van der Waals surface area (Å²) in [5.41, 5.74) is 2.16. The Morgan fingerprint density at radius 2 is 2.07 bits per heavy atom. The number of nitrogens with zero attached hydrogens (tertiary/aromatic N) is 2. The van der Waals surface area contributed by atoms with E-state index in [0.29, 0.717) is 0 Å². The molecule has 0 spiro atoms. The molecule has 1 heterocycles. The van der Waals surface area contributed by atoms with E-state index in [1.165, 1.54) is 0 Å². The van der Waals surface area contributed by atoms with Gasteiger partial charge in [0.05, 0.1) is 6.33 Å². The van der Waals surface area contributed by atoms with Gasteiger partial charge in [0.2, 0.25) is 0 Å². The number of aromatic nitrogens is 2. The summed E-state index contributed by atoms with van der Waals surface area (Å²) in [6, 6.07) is 8.14. The molecule has 74 valence electrons. The van der Waals surface area contributed by atoms with E-state index in [1.807, 2.05) is 42.0 Å². The van der Waals surface area contributed by atoms with E-state index < -0.39 is 0 Å². The molecular formula is C13H12N2. The van der Waals surface area contributed by atoms with E-state index in [1.54, 1.807) is 12.5 Å². The topological polar surface area (TPSA) is 17.8 Å². The van der Waals surface area contributed by atoms with Crippen LogP contribution in [0.5, 0.6) is 0 Å². The first-order valence-electron chi connectivity index (χ1n) is 4.97. The maximum absolute atomic E-state index is 4.01. The van der Waals surface area contributed by atoms with Crippen LogP contribution in [0.4, 0.5) is 0 Å². The molecule has 2 nitrogen and oxygen atoms in total. The van der Waals surface area contributed by atoms with Crippen LogP contribution in [0.25, 0.3) is 5.69 Å². The lowest BCUT2D eigenvalue weighted by Gasteiger charge is -2.00. The van der Waals surface area contributed by atoms with Crippen LogP contribution >= 0.6 is 0 Å². The molecule has 0 bridgehead atoms. The molecule has 0 aliphatic rings. The van der Waals surface area contributed by atoms with Crippen LogP contribution in [0.1, 0.15) is 18.9 Å². The molecule has 0 saturated heterocycles. The van der Waals surface area contributed by atoms with Gasteiger partial charge in [-0.1, -0.05) is 18.8 Å². The fourth-order valence-electron chi connectivity index (χ4n) is 1.32. The minimum Gasteiger partial charge on any atom is -0.306 e. The summed E-state index contributed by atoms with van der Waals surface area (Å²) in [4.78, 5) is 4.01. The summed E-state index contributed by atoms with van der Waals surface area (Å²) < 4.78 is 1.97. The first-order chi connectivity index (χ1) is 7.40. The average Bonchev–Trinajstić information content (AvgIpc) is 2.80. The lowest BCUT2D eigenvalue weighted by Crippen LogP contribution is -1.89. The van der Waals surface area contributed by atoms with Gasteiger partial charge in [-0.15, -0.1) is 0 Å². The normalized spacial score (nSPS) is 9.40. The molecule has 0 fully saturated rings. The van der Waals surface area contributed by atoms with Gasteiger partial charge in [-0.3, -0.25) is 0 Å². The fraction of sp³-hybridized carbons (Fsp3) is 0.154. The Morgan fingerprint density at radius 3 is 2.67 bits per heavy atom. The number of benzene rings is 1. The molecule has 0 atom stereocenters. The summed E-state index contributed by atoms with van der Waals surface area (Å²) in [6.07, 6.45) is 6.37. The minimum absolute atomic E-state index is 0.892. The van der Waals surface area contributed by atoms with Gasteiger partial charge >= 0.3 is 0 Å². The van der Waals surface area contributed by atoms with E-state index in [0.717, 1.165) is 17.7 Å². The summed E-state index contributed by atoms with van der Waals surface area (Å²) in [7, 11) is 0. The van der Waals surface area contributed by atoms with Gasteiger partial charge < -0.3 is 4.57 Å². The van der Waals surface area contributed by atoms with Crippen molar-refractivity contribution in [2.45, 2.75) is 13.3 Å². The number of rotatable bonds is 1. The second-order valence-corrected chi connectivity index (χ2v) is 3.17. The third kappa shape index (κ3) is 2.26.